The molecule has 0 amide bonds. The van der Waals surface area contributed by atoms with Gasteiger partial charge in [-0.1, -0.05) is 38.5 Å². The summed E-state index contributed by atoms with van der Waals surface area (Å²) in [7, 11) is 1.61. The van der Waals surface area contributed by atoms with Crippen molar-refractivity contribution in [1.29, 1.82) is 0 Å². The Morgan fingerprint density at radius 2 is 2.06 bits per heavy atom. The predicted octanol–water partition coefficient (Wildman–Crippen LogP) is 3.37. The highest BCUT2D eigenvalue weighted by molar-refractivity contribution is 5.70. The van der Waals surface area contributed by atoms with Crippen LogP contribution in [0.1, 0.15) is 32.3 Å². The zero-order chi connectivity index (χ0) is 13.5. The van der Waals surface area contributed by atoms with E-state index in [1.807, 2.05) is 24.3 Å². The first-order valence-corrected chi connectivity index (χ1v) is 6.43. The van der Waals surface area contributed by atoms with Crippen molar-refractivity contribution in [2.24, 2.45) is 11.8 Å². The maximum absolute atomic E-state index is 11.3. The first kappa shape index (κ1) is 14.6. The van der Waals surface area contributed by atoms with Crippen molar-refractivity contribution in [1.82, 2.24) is 0 Å². The summed E-state index contributed by atoms with van der Waals surface area (Å²) < 4.78 is 5.26. The van der Waals surface area contributed by atoms with Gasteiger partial charge in [-0.3, -0.25) is 4.79 Å². The maximum atomic E-state index is 11.3. The summed E-state index contributed by atoms with van der Waals surface area (Å²) >= 11 is 0. The van der Waals surface area contributed by atoms with Crippen LogP contribution in [0.15, 0.2) is 24.3 Å². The maximum Gasteiger partial charge on any atom is 0.306 e. The largest absolute Gasteiger partial charge is 0.496 e. The Morgan fingerprint density at radius 1 is 1.39 bits per heavy atom. The fourth-order valence-corrected chi connectivity index (χ4v) is 2.06. The first-order chi connectivity index (χ1) is 8.58. The molecule has 0 saturated carbocycles. The molecule has 0 bridgehead atoms. The van der Waals surface area contributed by atoms with Gasteiger partial charge in [-0.25, -0.2) is 0 Å². The van der Waals surface area contributed by atoms with Crippen molar-refractivity contribution in [2.45, 2.75) is 33.1 Å². The Hall–Kier alpha value is -1.51. The Balaban J connectivity index is 2.80. The van der Waals surface area contributed by atoms with Crippen molar-refractivity contribution in [3.05, 3.63) is 29.8 Å². The molecule has 0 radical (unpaired) electrons. The smallest absolute Gasteiger partial charge is 0.306 e. The van der Waals surface area contributed by atoms with E-state index in [-0.39, 0.29) is 5.92 Å². The van der Waals surface area contributed by atoms with Crippen molar-refractivity contribution >= 4 is 5.97 Å². The van der Waals surface area contributed by atoms with Crippen LogP contribution in [-0.2, 0) is 11.2 Å². The lowest BCUT2D eigenvalue weighted by Gasteiger charge is -2.17. The molecule has 0 saturated heterocycles. The molecule has 0 aromatic heterocycles. The highest BCUT2D eigenvalue weighted by atomic mass is 16.5. The highest BCUT2D eigenvalue weighted by Crippen LogP contribution is 2.25. The van der Waals surface area contributed by atoms with Gasteiger partial charge in [-0.05, 0) is 30.4 Å². The molecule has 2 atom stereocenters. The van der Waals surface area contributed by atoms with Crippen molar-refractivity contribution < 1.29 is 14.6 Å². The van der Waals surface area contributed by atoms with E-state index in [9.17, 15) is 9.90 Å². The van der Waals surface area contributed by atoms with Crippen LogP contribution in [0.5, 0.6) is 5.75 Å². The standard InChI is InChI=1S/C15H22O3/c1-4-11(2)9-13(15(16)17)10-12-7-5-6-8-14(12)18-3/h5-8,11,13H,4,9-10H2,1-3H3,(H,16,17). The highest BCUT2D eigenvalue weighted by Gasteiger charge is 2.21. The van der Waals surface area contributed by atoms with Gasteiger partial charge in [0.05, 0.1) is 13.0 Å². The second kappa shape index (κ2) is 7.04. The number of carboxylic acids is 1. The van der Waals surface area contributed by atoms with E-state index in [1.54, 1.807) is 7.11 Å². The summed E-state index contributed by atoms with van der Waals surface area (Å²) in [6.07, 6.45) is 2.25. The van der Waals surface area contributed by atoms with Gasteiger partial charge < -0.3 is 9.84 Å². The molecule has 18 heavy (non-hydrogen) atoms. The van der Waals surface area contributed by atoms with Crippen LogP contribution in [0.25, 0.3) is 0 Å². The van der Waals surface area contributed by atoms with E-state index >= 15 is 0 Å². The van der Waals surface area contributed by atoms with Gasteiger partial charge in [0.2, 0.25) is 0 Å². The second-order valence-corrected chi connectivity index (χ2v) is 4.80. The molecular weight excluding hydrogens is 228 g/mol. The van der Waals surface area contributed by atoms with Gasteiger partial charge in [-0.15, -0.1) is 0 Å². The molecule has 1 N–H and O–H groups in total. The summed E-state index contributed by atoms with van der Waals surface area (Å²) in [6.45, 7) is 4.19. The molecule has 0 spiro atoms. The molecule has 1 aromatic carbocycles. The van der Waals surface area contributed by atoms with Crippen LogP contribution in [0.4, 0.5) is 0 Å². The summed E-state index contributed by atoms with van der Waals surface area (Å²) in [5, 5.41) is 9.30. The van der Waals surface area contributed by atoms with E-state index in [0.717, 1.165) is 17.7 Å². The zero-order valence-electron chi connectivity index (χ0n) is 11.3. The second-order valence-electron chi connectivity index (χ2n) is 4.80. The number of benzene rings is 1. The fourth-order valence-electron chi connectivity index (χ4n) is 2.06. The molecule has 3 nitrogen and oxygen atoms in total. The number of ether oxygens (including phenoxy) is 1. The normalized spacial score (nSPS) is 13.9. The molecule has 0 heterocycles. The number of hydrogen-bond donors (Lipinski definition) is 1. The van der Waals surface area contributed by atoms with Gasteiger partial charge in [-0.2, -0.15) is 0 Å². The summed E-state index contributed by atoms with van der Waals surface area (Å²) in [4.78, 5) is 11.3. The van der Waals surface area contributed by atoms with Gasteiger partial charge in [0.1, 0.15) is 5.75 Å². The molecule has 1 rings (SSSR count). The Kier molecular flexibility index (Phi) is 5.69. The minimum absolute atomic E-state index is 0.337. The molecule has 0 aliphatic carbocycles. The summed E-state index contributed by atoms with van der Waals surface area (Å²) in [5.41, 5.74) is 0.968. The summed E-state index contributed by atoms with van der Waals surface area (Å²) in [5.74, 6) is 0.145. The van der Waals surface area contributed by atoms with Crippen LogP contribution in [-0.4, -0.2) is 18.2 Å². The third-order valence-corrected chi connectivity index (χ3v) is 3.39. The van der Waals surface area contributed by atoms with Crippen molar-refractivity contribution in [3.8, 4) is 5.75 Å². The Morgan fingerprint density at radius 3 is 2.61 bits per heavy atom. The van der Waals surface area contributed by atoms with Crippen LogP contribution < -0.4 is 4.74 Å². The van der Waals surface area contributed by atoms with Crippen molar-refractivity contribution in [2.75, 3.05) is 7.11 Å². The molecule has 1 aromatic rings. The van der Waals surface area contributed by atoms with Crippen LogP contribution in [0, 0.1) is 11.8 Å². The van der Waals surface area contributed by atoms with E-state index in [1.165, 1.54) is 0 Å². The number of carboxylic acid groups (broad SMARTS) is 1. The minimum atomic E-state index is -0.721. The molecule has 0 aliphatic rings. The van der Waals surface area contributed by atoms with E-state index in [0.29, 0.717) is 18.8 Å². The van der Waals surface area contributed by atoms with Crippen molar-refractivity contribution in [3.63, 3.8) is 0 Å². The third-order valence-electron chi connectivity index (χ3n) is 3.39. The molecule has 3 heteroatoms. The van der Waals surface area contributed by atoms with Crippen LogP contribution >= 0.6 is 0 Å². The van der Waals surface area contributed by atoms with Gasteiger partial charge in [0.25, 0.3) is 0 Å². The summed E-state index contributed by atoms with van der Waals surface area (Å²) in [6, 6.07) is 7.62. The quantitative estimate of drug-likeness (QED) is 0.807. The molecular formula is C15H22O3. The number of hydrogen-bond acceptors (Lipinski definition) is 2. The number of methoxy groups -OCH3 is 1. The lowest BCUT2D eigenvalue weighted by Crippen LogP contribution is -2.19. The predicted molar refractivity (Wildman–Crippen MR) is 71.9 cm³/mol. The lowest BCUT2D eigenvalue weighted by atomic mass is 9.89. The van der Waals surface area contributed by atoms with E-state index < -0.39 is 5.97 Å². The number of rotatable bonds is 7. The van der Waals surface area contributed by atoms with Crippen LogP contribution in [0.2, 0.25) is 0 Å². The van der Waals surface area contributed by atoms with Gasteiger partial charge >= 0.3 is 5.97 Å². The SMILES string of the molecule is CCC(C)CC(Cc1ccccc1OC)C(=O)O. The zero-order valence-corrected chi connectivity index (χ0v) is 11.3. The van der Waals surface area contributed by atoms with Crippen LogP contribution in [0.3, 0.4) is 0 Å². The Labute approximate surface area is 109 Å². The monoisotopic (exact) mass is 250 g/mol. The lowest BCUT2D eigenvalue weighted by molar-refractivity contribution is -0.142. The average Bonchev–Trinajstić information content (AvgIpc) is 2.38. The molecule has 2 unspecified atom stereocenters. The van der Waals surface area contributed by atoms with Gasteiger partial charge in [0.15, 0.2) is 0 Å². The van der Waals surface area contributed by atoms with E-state index in [4.69, 9.17) is 4.74 Å². The fraction of sp³-hybridized carbons (Fsp3) is 0.533. The number of carbonyl (C=O) groups is 1. The third kappa shape index (κ3) is 4.06. The first-order valence-electron chi connectivity index (χ1n) is 6.43. The number of para-hydroxylation sites is 1. The molecule has 0 fully saturated rings. The molecule has 100 valence electrons. The topological polar surface area (TPSA) is 46.5 Å². The van der Waals surface area contributed by atoms with E-state index in [2.05, 4.69) is 13.8 Å². The minimum Gasteiger partial charge on any atom is -0.496 e. The molecule has 0 aliphatic heterocycles. The average molecular weight is 250 g/mol. The number of aliphatic carboxylic acids is 1. The van der Waals surface area contributed by atoms with Gasteiger partial charge in [0, 0.05) is 0 Å². The Bertz CT molecular complexity index is 387.